The Morgan fingerprint density at radius 2 is 2.36 bits per heavy atom. The molecule has 0 aliphatic heterocycles. The minimum absolute atomic E-state index is 0.224. The zero-order valence-electron chi connectivity index (χ0n) is 13.4. The number of fused-ring (bicyclic) bond motifs is 1. The smallest absolute Gasteiger partial charge is 0.268 e. The Labute approximate surface area is 142 Å². The highest BCUT2D eigenvalue weighted by Gasteiger charge is 2.42. The van der Waals surface area contributed by atoms with E-state index in [0.717, 1.165) is 0 Å². The van der Waals surface area contributed by atoms with Gasteiger partial charge in [0.2, 0.25) is 0 Å². The molecular formula is C17H17FN4O3. The molecule has 0 spiro atoms. The van der Waals surface area contributed by atoms with Gasteiger partial charge in [0.1, 0.15) is 17.3 Å². The highest BCUT2D eigenvalue weighted by molar-refractivity contribution is 6.00. The minimum Gasteiger partial charge on any atom is -0.496 e. The van der Waals surface area contributed by atoms with Crippen LogP contribution in [0.4, 0.5) is 4.39 Å². The van der Waals surface area contributed by atoms with E-state index in [1.165, 1.54) is 19.2 Å². The maximum Gasteiger partial charge on any atom is 0.268 e. The van der Waals surface area contributed by atoms with Crippen LogP contribution in [0.5, 0.6) is 5.75 Å². The van der Waals surface area contributed by atoms with Crippen LogP contribution in [0.3, 0.4) is 0 Å². The van der Waals surface area contributed by atoms with E-state index >= 15 is 0 Å². The van der Waals surface area contributed by atoms with E-state index in [9.17, 15) is 14.3 Å². The molecule has 25 heavy (non-hydrogen) atoms. The second-order valence-electron chi connectivity index (χ2n) is 6.08. The van der Waals surface area contributed by atoms with Crippen LogP contribution in [0.1, 0.15) is 23.0 Å². The number of methoxy groups -OCH3 is 1. The molecular weight excluding hydrogens is 327 g/mol. The monoisotopic (exact) mass is 344 g/mol. The first kappa shape index (κ1) is 15.6. The van der Waals surface area contributed by atoms with E-state index < -0.39 is 11.9 Å². The van der Waals surface area contributed by atoms with E-state index in [0.29, 0.717) is 17.6 Å². The standard InChI is InChI=1S/C17H17FN4O3/c1-25-14-4-3-10(18)15-9(14)7-12(20-15)17(24)21-11-8-13(23)16(11)22-6-2-5-19-22/h2-7,11,13,16,20,23H,8H2,1H3,(H,21,24)/t11-,13+,16+/m0/s1. The van der Waals surface area contributed by atoms with E-state index in [1.807, 2.05) is 0 Å². The molecule has 3 N–H and O–H groups in total. The second-order valence-corrected chi connectivity index (χ2v) is 6.08. The first-order chi connectivity index (χ1) is 12.1. The predicted molar refractivity (Wildman–Crippen MR) is 88.0 cm³/mol. The van der Waals surface area contributed by atoms with Gasteiger partial charge in [-0.1, -0.05) is 0 Å². The molecule has 7 nitrogen and oxygen atoms in total. The molecule has 3 aromatic rings. The number of aliphatic hydroxyl groups excluding tert-OH is 1. The minimum atomic E-state index is -0.564. The third-order valence-corrected chi connectivity index (χ3v) is 4.62. The first-order valence-corrected chi connectivity index (χ1v) is 7.91. The van der Waals surface area contributed by atoms with Crippen LogP contribution in [0.25, 0.3) is 10.9 Å². The van der Waals surface area contributed by atoms with Gasteiger partial charge in [0.25, 0.3) is 5.91 Å². The number of hydrogen-bond acceptors (Lipinski definition) is 4. The number of nitrogens with zero attached hydrogens (tertiary/aromatic N) is 2. The van der Waals surface area contributed by atoms with Gasteiger partial charge in [0.05, 0.1) is 30.8 Å². The molecule has 0 unspecified atom stereocenters. The molecule has 130 valence electrons. The van der Waals surface area contributed by atoms with Crippen LogP contribution in [0.15, 0.2) is 36.7 Å². The molecule has 1 aliphatic rings. The Hall–Kier alpha value is -2.87. The first-order valence-electron chi connectivity index (χ1n) is 7.91. The van der Waals surface area contributed by atoms with E-state index in [4.69, 9.17) is 4.74 Å². The lowest BCUT2D eigenvalue weighted by Gasteiger charge is -2.41. The van der Waals surface area contributed by atoms with E-state index in [-0.39, 0.29) is 29.2 Å². The molecule has 1 saturated carbocycles. The number of carbonyl (C=O) groups is 1. The van der Waals surface area contributed by atoms with Gasteiger partial charge in [-0.05, 0) is 30.7 Å². The van der Waals surface area contributed by atoms with Crippen molar-refractivity contribution in [3.8, 4) is 5.75 Å². The summed E-state index contributed by atoms with van der Waals surface area (Å²) in [4.78, 5) is 15.3. The zero-order chi connectivity index (χ0) is 17.6. The highest BCUT2D eigenvalue weighted by Crippen LogP contribution is 2.33. The topological polar surface area (TPSA) is 92.2 Å². The van der Waals surface area contributed by atoms with Gasteiger partial charge in [-0.25, -0.2) is 4.39 Å². The summed E-state index contributed by atoms with van der Waals surface area (Å²) in [5.41, 5.74) is 0.459. The van der Waals surface area contributed by atoms with Crippen molar-refractivity contribution in [2.45, 2.75) is 24.6 Å². The number of H-pyrrole nitrogens is 1. The van der Waals surface area contributed by atoms with Crippen molar-refractivity contribution < 1.29 is 19.0 Å². The summed E-state index contributed by atoms with van der Waals surface area (Å²) in [7, 11) is 1.49. The molecule has 1 aliphatic carbocycles. The van der Waals surface area contributed by atoms with Crippen LogP contribution < -0.4 is 10.1 Å². The number of aromatic amines is 1. The zero-order valence-corrected chi connectivity index (χ0v) is 13.4. The number of ether oxygens (including phenoxy) is 1. The van der Waals surface area contributed by atoms with Crippen molar-refractivity contribution in [1.29, 1.82) is 0 Å². The number of nitrogens with one attached hydrogen (secondary N) is 2. The van der Waals surface area contributed by atoms with Crippen molar-refractivity contribution >= 4 is 16.8 Å². The van der Waals surface area contributed by atoms with E-state index in [2.05, 4.69) is 15.4 Å². The fourth-order valence-electron chi connectivity index (χ4n) is 3.28. The number of amides is 1. The van der Waals surface area contributed by atoms with Gasteiger partial charge >= 0.3 is 0 Å². The highest BCUT2D eigenvalue weighted by atomic mass is 19.1. The van der Waals surface area contributed by atoms with Crippen molar-refractivity contribution in [3.05, 3.63) is 48.2 Å². The molecule has 1 fully saturated rings. The van der Waals surface area contributed by atoms with Gasteiger partial charge in [0.15, 0.2) is 0 Å². The normalized spacial score (nSPS) is 22.6. The fraction of sp³-hybridized carbons (Fsp3) is 0.294. The van der Waals surface area contributed by atoms with Crippen LogP contribution in [-0.2, 0) is 0 Å². The summed E-state index contributed by atoms with van der Waals surface area (Å²) < 4.78 is 20.8. The predicted octanol–water partition coefficient (Wildman–Crippen LogP) is 1.62. The number of hydrogen-bond donors (Lipinski definition) is 3. The summed E-state index contributed by atoms with van der Waals surface area (Å²) in [5.74, 6) is -0.338. The van der Waals surface area contributed by atoms with Crippen molar-refractivity contribution in [2.75, 3.05) is 7.11 Å². The van der Waals surface area contributed by atoms with Crippen LogP contribution in [0, 0.1) is 5.82 Å². The molecule has 1 aromatic carbocycles. The lowest BCUT2D eigenvalue weighted by molar-refractivity contribution is -0.00594. The fourth-order valence-corrected chi connectivity index (χ4v) is 3.28. The van der Waals surface area contributed by atoms with Gasteiger partial charge in [-0.3, -0.25) is 9.48 Å². The average Bonchev–Trinajstić information content (AvgIpc) is 3.24. The summed E-state index contributed by atoms with van der Waals surface area (Å²) >= 11 is 0. The second kappa shape index (κ2) is 5.89. The molecule has 2 heterocycles. The largest absolute Gasteiger partial charge is 0.496 e. The van der Waals surface area contributed by atoms with Gasteiger partial charge < -0.3 is 20.1 Å². The number of aliphatic hydroxyl groups is 1. The molecule has 0 bridgehead atoms. The molecule has 0 radical (unpaired) electrons. The number of rotatable bonds is 4. The summed E-state index contributed by atoms with van der Waals surface area (Å²) in [6, 6.07) is 5.56. The molecule has 3 atom stereocenters. The molecule has 2 aromatic heterocycles. The quantitative estimate of drug-likeness (QED) is 0.671. The maximum atomic E-state index is 14.0. The van der Waals surface area contributed by atoms with Gasteiger partial charge in [-0.2, -0.15) is 5.10 Å². The Morgan fingerprint density at radius 3 is 3.04 bits per heavy atom. The number of carbonyl (C=O) groups excluding carboxylic acids is 1. The molecule has 0 saturated heterocycles. The Morgan fingerprint density at radius 1 is 1.52 bits per heavy atom. The van der Waals surface area contributed by atoms with Crippen molar-refractivity contribution in [2.24, 2.45) is 0 Å². The summed E-state index contributed by atoms with van der Waals surface area (Å²) in [6.07, 6.45) is 3.24. The third-order valence-electron chi connectivity index (χ3n) is 4.62. The van der Waals surface area contributed by atoms with Crippen LogP contribution in [0.2, 0.25) is 0 Å². The molecule has 8 heteroatoms. The average molecular weight is 344 g/mol. The Balaban J connectivity index is 1.57. The lowest BCUT2D eigenvalue weighted by atomic mass is 9.83. The number of benzene rings is 1. The third kappa shape index (κ3) is 2.54. The molecule has 4 rings (SSSR count). The Kier molecular flexibility index (Phi) is 3.69. The Bertz CT molecular complexity index is 922. The SMILES string of the molecule is COc1ccc(F)c2[nH]c(C(=O)N[C@H]3C[C@@H](O)[C@@H]3n3cccn3)cc12. The van der Waals surface area contributed by atoms with E-state index in [1.54, 1.807) is 29.2 Å². The molecule has 1 amide bonds. The van der Waals surface area contributed by atoms with Crippen molar-refractivity contribution in [1.82, 2.24) is 20.1 Å². The summed E-state index contributed by atoms with van der Waals surface area (Å²) in [6.45, 7) is 0. The maximum absolute atomic E-state index is 14.0. The van der Waals surface area contributed by atoms with Gasteiger partial charge in [-0.15, -0.1) is 0 Å². The van der Waals surface area contributed by atoms with Crippen LogP contribution >= 0.6 is 0 Å². The van der Waals surface area contributed by atoms with Crippen LogP contribution in [-0.4, -0.2) is 45.0 Å². The summed E-state index contributed by atoms with van der Waals surface area (Å²) in [5, 5.41) is 17.5. The van der Waals surface area contributed by atoms with Gasteiger partial charge in [0, 0.05) is 17.8 Å². The number of aromatic nitrogens is 3. The van der Waals surface area contributed by atoms with Crippen molar-refractivity contribution in [3.63, 3.8) is 0 Å². The number of halogens is 1. The lowest BCUT2D eigenvalue weighted by Crippen LogP contribution is -2.56.